The molecule has 3 fully saturated rings. The van der Waals surface area contributed by atoms with Crippen LogP contribution in [0.15, 0.2) is 17.5 Å². The van der Waals surface area contributed by atoms with Crippen molar-refractivity contribution in [3.05, 3.63) is 17.5 Å². The Hall–Kier alpha value is -0.355. The molecular formula is C9H12BO3S-. The minimum atomic E-state index is -1.59. The fraction of sp³-hybridized carbons (Fsp3) is 0.556. The van der Waals surface area contributed by atoms with Crippen LogP contribution in [-0.2, 0) is 14.0 Å². The lowest BCUT2D eigenvalue weighted by molar-refractivity contribution is -0.119. The first kappa shape index (κ1) is 8.91. The fourth-order valence-electron chi connectivity index (χ4n) is 1.94. The first-order valence-electron chi connectivity index (χ1n) is 4.82. The molecule has 3 saturated heterocycles. The Balaban J connectivity index is 1.93. The molecule has 0 radical (unpaired) electrons. The van der Waals surface area contributed by atoms with Gasteiger partial charge >= 0.3 is 6.75 Å². The Morgan fingerprint density at radius 2 is 1.93 bits per heavy atom. The lowest BCUT2D eigenvalue weighted by Crippen LogP contribution is -2.68. The normalized spacial score (nSPS) is 41.5. The van der Waals surface area contributed by atoms with Gasteiger partial charge in [-0.25, -0.2) is 0 Å². The minimum absolute atomic E-state index is 0.0563. The van der Waals surface area contributed by atoms with Gasteiger partial charge < -0.3 is 14.0 Å². The van der Waals surface area contributed by atoms with Gasteiger partial charge in [-0.05, 0) is 5.38 Å². The Morgan fingerprint density at radius 1 is 1.29 bits per heavy atom. The largest absolute Gasteiger partial charge is 0.540 e. The number of rotatable bonds is 1. The van der Waals surface area contributed by atoms with Crippen molar-refractivity contribution in [1.82, 2.24) is 0 Å². The molecule has 0 aromatic carbocycles. The molecule has 1 aromatic heterocycles. The highest BCUT2D eigenvalue weighted by atomic mass is 32.1. The molecule has 0 aliphatic carbocycles. The Kier molecular flexibility index (Phi) is 1.80. The lowest BCUT2D eigenvalue weighted by Gasteiger charge is -2.57. The van der Waals surface area contributed by atoms with Gasteiger partial charge in [-0.3, -0.25) is 0 Å². The van der Waals surface area contributed by atoms with E-state index in [9.17, 15) is 0 Å². The van der Waals surface area contributed by atoms with Crippen molar-refractivity contribution in [2.75, 3.05) is 19.8 Å². The summed E-state index contributed by atoms with van der Waals surface area (Å²) in [6, 6.07) is 4.01. The molecule has 3 aliphatic heterocycles. The third-order valence-electron chi connectivity index (χ3n) is 2.85. The van der Waals surface area contributed by atoms with Gasteiger partial charge in [0.1, 0.15) is 0 Å². The molecule has 0 N–H and O–H groups in total. The second-order valence-electron chi connectivity index (χ2n) is 4.40. The Labute approximate surface area is 87.0 Å². The highest BCUT2D eigenvalue weighted by Gasteiger charge is 2.47. The van der Waals surface area contributed by atoms with Gasteiger partial charge in [0.25, 0.3) is 0 Å². The van der Waals surface area contributed by atoms with Crippen LogP contribution in [0.2, 0.25) is 0 Å². The van der Waals surface area contributed by atoms with E-state index in [-0.39, 0.29) is 5.41 Å². The van der Waals surface area contributed by atoms with Gasteiger partial charge in [-0.15, -0.1) is 0 Å². The summed E-state index contributed by atoms with van der Waals surface area (Å²) in [6.07, 6.45) is 0. The van der Waals surface area contributed by atoms with Gasteiger partial charge in [0, 0.05) is 25.2 Å². The monoisotopic (exact) mass is 211 g/mol. The van der Waals surface area contributed by atoms with E-state index >= 15 is 0 Å². The topological polar surface area (TPSA) is 27.7 Å². The summed E-state index contributed by atoms with van der Waals surface area (Å²) in [5.74, 6) is 0. The van der Waals surface area contributed by atoms with Gasteiger partial charge in [0.15, 0.2) is 0 Å². The number of thiophene rings is 1. The molecule has 4 heterocycles. The molecule has 2 bridgehead atoms. The fourth-order valence-corrected chi connectivity index (χ4v) is 2.78. The summed E-state index contributed by atoms with van der Waals surface area (Å²) in [4.78, 5) is 0. The molecule has 5 heteroatoms. The van der Waals surface area contributed by atoms with Crippen LogP contribution < -0.4 is 4.78 Å². The van der Waals surface area contributed by atoms with E-state index in [2.05, 4.69) is 6.92 Å². The third-order valence-corrected chi connectivity index (χ3v) is 3.84. The zero-order chi connectivity index (χ0) is 9.65. The average Bonchev–Trinajstić information content (AvgIpc) is 2.73. The van der Waals surface area contributed by atoms with Crippen LogP contribution in [0.1, 0.15) is 6.92 Å². The van der Waals surface area contributed by atoms with Gasteiger partial charge in [0.05, 0.1) is 0 Å². The maximum absolute atomic E-state index is 5.74. The van der Waals surface area contributed by atoms with Crippen molar-refractivity contribution >= 4 is 22.9 Å². The molecular weight excluding hydrogens is 199 g/mol. The van der Waals surface area contributed by atoms with Crippen molar-refractivity contribution in [3.63, 3.8) is 0 Å². The second-order valence-corrected chi connectivity index (χ2v) is 5.38. The van der Waals surface area contributed by atoms with Gasteiger partial charge in [-0.2, -0.15) is 11.3 Å². The zero-order valence-corrected chi connectivity index (χ0v) is 8.88. The van der Waals surface area contributed by atoms with E-state index in [4.69, 9.17) is 14.0 Å². The summed E-state index contributed by atoms with van der Waals surface area (Å²) < 4.78 is 18.3. The van der Waals surface area contributed by atoms with Crippen LogP contribution in [0.3, 0.4) is 0 Å². The predicted molar refractivity (Wildman–Crippen MR) is 55.7 cm³/mol. The zero-order valence-electron chi connectivity index (χ0n) is 8.06. The smallest absolute Gasteiger partial charge is 0.419 e. The molecule has 14 heavy (non-hydrogen) atoms. The third kappa shape index (κ3) is 1.17. The minimum Gasteiger partial charge on any atom is -0.540 e. The van der Waals surface area contributed by atoms with Crippen LogP contribution in [-0.4, -0.2) is 26.6 Å². The molecule has 0 unspecified atom stereocenters. The quantitative estimate of drug-likeness (QED) is 0.648. The van der Waals surface area contributed by atoms with E-state index in [1.54, 1.807) is 11.3 Å². The average molecular weight is 211 g/mol. The summed E-state index contributed by atoms with van der Waals surface area (Å²) >= 11 is 1.63. The van der Waals surface area contributed by atoms with Crippen molar-refractivity contribution in [2.24, 2.45) is 5.41 Å². The van der Waals surface area contributed by atoms with Crippen molar-refractivity contribution in [1.29, 1.82) is 0 Å². The summed E-state index contributed by atoms with van der Waals surface area (Å²) in [5.41, 5.74) is 0.0563. The highest BCUT2D eigenvalue weighted by molar-refractivity contribution is 7.22. The second kappa shape index (κ2) is 2.82. The first-order valence-corrected chi connectivity index (χ1v) is 5.70. The van der Waals surface area contributed by atoms with Gasteiger partial charge in [0.2, 0.25) is 0 Å². The van der Waals surface area contributed by atoms with E-state index in [0.29, 0.717) is 0 Å². The lowest BCUT2D eigenvalue weighted by atomic mass is 9.69. The molecule has 1 aromatic rings. The molecule has 0 amide bonds. The Morgan fingerprint density at radius 3 is 2.43 bits per heavy atom. The van der Waals surface area contributed by atoms with E-state index in [0.717, 1.165) is 24.6 Å². The molecule has 0 saturated carbocycles. The number of hydrogen-bond acceptors (Lipinski definition) is 4. The van der Waals surface area contributed by atoms with Crippen LogP contribution in [0.25, 0.3) is 0 Å². The van der Waals surface area contributed by atoms with E-state index < -0.39 is 6.75 Å². The molecule has 3 aliphatic rings. The summed E-state index contributed by atoms with van der Waals surface area (Å²) in [6.45, 7) is 2.76. The number of hydrogen-bond donors (Lipinski definition) is 0. The molecule has 76 valence electrons. The van der Waals surface area contributed by atoms with Crippen LogP contribution in [0.5, 0.6) is 0 Å². The van der Waals surface area contributed by atoms with Crippen molar-refractivity contribution in [3.8, 4) is 0 Å². The predicted octanol–water partition coefficient (Wildman–Crippen LogP) is 0.977. The summed E-state index contributed by atoms with van der Waals surface area (Å²) in [7, 11) is 0. The maximum atomic E-state index is 5.74. The molecule has 0 spiro atoms. The summed E-state index contributed by atoms with van der Waals surface area (Å²) in [5, 5.41) is 2.02. The first-order chi connectivity index (χ1) is 6.73. The van der Waals surface area contributed by atoms with Crippen molar-refractivity contribution in [2.45, 2.75) is 6.92 Å². The maximum Gasteiger partial charge on any atom is 0.419 e. The molecule has 3 nitrogen and oxygen atoms in total. The molecule has 0 atom stereocenters. The van der Waals surface area contributed by atoms with Crippen LogP contribution >= 0.6 is 11.3 Å². The van der Waals surface area contributed by atoms with Crippen molar-refractivity contribution < 1.29 is 14.0 Å². The number of fused-ring (bicyclic) bond motifs is 3. The van der Waals surface area contributed by atoms with Gasteiger partial charge in [-0.1, -0.05) is 23.8 Å². The SMILES string of the molecule is CC12CO[B-](c3cccs3)(OC1)OC2. The van der Waals surface area contributed by atoms with E-state index in [1.807, 2.05) is 17.5 Å². The van der Waals surface area contributed by atoms with E-state index in [1.165, 1.54) is 0 Å². The van der Waals surface area contributed by atoms with Crippen LogP contribution in [0.4, 0.5) is 0 Å². The van der Waals surface area contributed by atoms with Crippen LogP contribution in [0, 0.1) is 5.41 Å². The molecule has 4 rings (SSSR count). The standard InChI is InChI=1S/C9H12BO3S/c1-9-5-11-10(12-6-9,13-7-9)8-3-2-4-14-8/h2-4H,5-7H2,1H3/q-1. The highest BCUT2D eigenvalue weighted by Crippen LogP contribution is 2.35. The Bertz CT molecular complexity index is 313.